The van der Waals surface area contributed by atoms with Crippen LogP contribution in [0, 0.1) is 12.8 Å². The number of hydrogen-bond acceptors (Lipinski definition) is 4. The van der Waals surface area contributed by atoms with E-state index in [9.17, 15) is 4.79 Å². The molecule has 1 rings (SSSR count). The smallest absolute Gasteiger partial charge is 0.323 e. The molecule has 0 aliphatic rings. The fourth-order valence-electron chi connectivity index (χ4n) is 1.32. The number of carbonyl (C=O) groups excluding carboxylic acids is 1. The van der Waals surface area contributed by atoms with Crippen LogP contribution in [0.4, 0.5) is 0 Å². The monoisotopic (exact) mass is 253 g/mol. The molecule has 4 heteroatoms. The number of aryl methyl sites for hydroxylation is 1. The van der Waals surface area contributed by atoms with Gasteiger partial charge in [-0.1, -0.05) is 31.5 Å². The molecular weight excluding hydrogens is 234 g/mol. The highest BCUT2D eigenvalue weighted by Gasteiger charge is 2.22. The summed E-state index contributed by atoms with van der Waals surface area (Å²) in [7, 11) is 1.41. The van der Waals surface area contributed by atoms with Crippen LogP contribution in [-0.4, -0.2) is 19.1 Å². The Labute approximate surface area is 107 Å². The van der Waals surface area contributed by atoms with E-state index in [1.165, 1.54) is 24.6 Å². The van der Waals surface area contributed by atoms with Crippen LogP contribution in [0.1, 0.15) is 19.4 Å². The molecule has 17 heavy (non-hydrogen) atoms. The fourth-order valence-corrected chi connectivity index (χ4v) is 2.22. The first-order valence-corrected chi connectivity index (χ1v) is 6.43. The molecular formula is C13H19NO2S. The van der Waals surface area contributed by atoms with Gasteiger partial charge in [-0.2, -0.15) is 0 Å². The lowest BCUT2D eigenvalue weighted by atomic mass is 10.1. The largest absolute Gasteiger partial charge is 0.468 e. The minimum Gasteiger partial charge on any atom is -0.468 e. The molecule has 0 spiro atoms. The van der Waals surface area contributed by atoms with Gasteiger partial charge in [0.05, 0.1) is 7.11 Å². The van der Waals surface area contributed by atoms with Gasteiger partial charge < -0.3 is 4.74 Å². The SMILES string of the molecule is COC(=O)C(NSc1ccc(C)cc1)C(C)C. The van der Waals surface area contributed by atoms with Crippen LogP contribution < -0.4 is 4.72 Å². The van der Waals surface area contributed by atoms with E-state index in [4.69, 9.17) is 4.74 Å². The summed E-state index contributed by atoms with van der Waals surface area (Å²) in [4.78, 5) is 12.6. The summed E-state index contributed by atoms with van der Waals surface area (Å²) in [5.41, 5.74) is 1.22. The molecule has 0 aromatic heterocycles. The first-order chi connectivity index (χ1) is 8.04. The zero-order chi connectivity index (χ0) is 12.8. The van der Waals surface area contributed by atoms with Crippen molar-refractivity contribution in [3.05, 3.63) is 29.8 Å². The van der Waals surface area contributed by atoms with Crippen LogP contribution in [0.25, 0.3) is 0 Å². The van der Waals surface area contributed by atoms with Gasteiger partial charge in [0.15, 0.2) is 0 Å². The molecule has 1 N–H and O–H groups in total. The Balaban J connectivity index is 2.58. The van der Waals surface area contributed by atoms with E-state index in [1.807, 2.05) is 45.0 Å². The van der Waals surface area contributed by atoms with Gasteiger partial charge in [0.25, 0.3) is 0 Å². The van der Waals surface area contributed by atoms with Gasteiger partial charge >= 0.3 is 5.97 Å². The van der Waals surface area contributed by atoms with Crippen molar-refractivity contribution in [1.29, 1.82) is 0 Å². The number of nitrogens with one attached hydrogen (secondary N) is 1. The molecule has 0 saturated heterocycles. The second kappa shape index (κ2) is 6.67. The molecule has 0 bridgehead atoms. The zero-order valence-electron chi connectivity index (χ0n) is 10.7. The molecule has 0 saturated carbocycles. The number of carbonyl (C=O) groups is 1. The van der Waals surface area contributed by atoms with Crippen molar-refractivity contribution in [2.45, 2.75) is 31.7 Å². The second-order valence-electron chi connectivity index (χ2n) is 4.28. The van der Waals surface area contributed by atoms with Crippen LogP contribution in [0.5, 0.6) is 0 Å². The van der Waals surface area contributed by atoms with E-state index in [1.54, 1.807) is 0 Å². The van der Waals surface area contributed by atoms with Crippen molar-refractivity contribution < 1.29 is 9.53 Å². The van der Waals surface area contributed by atoms with E-state index >= 15 is 0 Å². The molecule has 0 radical (unpaired) electrons. The highest BCUT2D eigenvalue weighted by atomic mass is 32.2. The molecule has 0 fully saturated rings. The number of esters is 1. The maximum atomic E-state index is 11.5. The van der Waals surface area contributed by atoms with Gasteiger partial charge in [-0.25, -0.2) is 4.72 Å². The van der Waals surface area contributed by atoms with E-state index in [2.05, 4.69) is 4.72 Å². The Bertz CT molecular complexity index is 362. The predicted molar refractivity (Wildman–Crippen MR) is 70.8 cm³/mol. The zero-order valence-corrected chi connectivity index (χ0v) is 11.5. The van der Waals surface area contributed by atoms with Gasteiger partial charge in [0.2, 0.25) is 0 Å². The number of benzene rings is 1. The average Bonchev–Trinajstić information content (AvgIpc) is 2.31. The Morgan fingerprint density at radius 2 is 1.88 bits per heavy atom. The van der Waals surface area contributed by atoms with Crippen LogP contribution in [0.3, 0.4) is 0 Å². The van der Waals surface area contributed by atoms with Crippen LogP contribution in [0.2, 0.25) is 0 Å². The topological polar surface area (TPSA) is 38.3 Å². The third kappa shape index (κ3) is 4.40. The third-order valence-electron chi connectivity index (χ3n) is 2.45. The first kappa shape index (κ1) is 14.1. The van der Waals surface area contributed by atoms with Crippen LogP contribution >= 0.6 is 11.9 Å². The standard InChI is InChI=1S/C13H19NO2S/c1-9(2)12(13(15)16-4)14-17-11-7-5-10(3)6-8-11/h5-9,12,14H,1-4H3. The minimum absolute atomic E-state index is 0.195. The van der Waals surface area contributed by atoms with Gasteiger partial charge in [0, 0.05) is 4.90 Å². The Morgan fingerprint density at radius 1 is 1.29 bits per heavy atom. The lowest BCUT2D eigenvalue weighted by Gasteiger charge is -2.19. The summed E-state index contributed by atoms with van der Waals surface area (Å²) in [6.45, 7) is 6.03. The van der Waals surface area contributed by atoms with Gasteiger partial charge in [-0.05, 0) is 36.9 Å². The Morgan fingerprint density at radius 3 is 2.35 bits per heavy atom. The maximum Gasteiger partial charge on any atom is 0.323 e. The summed E-state index contributed by atoms with van der Waals surface area (Å²) in [5.74, 6) is -0.0278. The highest BCUT2D eigenvalue weighted by Crippen LogP contribution is 2.18. The maximum absolute atomic E-state index is 11.5. The summed E-state index contributed by atoms with van der Waals surface area (Å²) < 4.78 is 7.91. The van der Waals surface area contributed by atoms with Crippen LogP contribution in [0.15, 0.2) is 29.2 Å². The number of ether oxygens (including phenoxy) is 1. The predicted octanol–water partition coefficient (Wildman–Crippen LogP) is 2.79. The molecule has 0 amide bonds. The summed E-state index contributed by atoms with van der Waals surface area (Å²) in [6, 6.07) is 7.87. The molecule has 1 aromatic rings. The van der Waals surface area contributed by atoms with E-state index in [0.717, 1.165) is 4.90 Å². The van der Waals surface area contributed by atoms with Crippen molar-refractivity contribution in [1.82, 2.24) is 4.72 Å². The summed E-state index contributed by atoms with van der Waals surface area (Å²) in [6.07, 6.45) is 0. The van der Waals surface area contributed by atoms with Crippen molar-refractivity contribution >= 4 is 17.9 Å². The summed E-state index contributed by atoms with van der Waals surface area (Å²) >= 11 is 1.46. The van der Waals surface area contributed by atoms with Gasteiger partial charge in [-0.15, -0.1) is 0 Å². The fraction of sp³-hybridized carbons (Fsp3) is 0.462. The molecule has 1 aromatic carbocycles. The minimum atomic E-state index is -0.286. The van der Waals surface area contributed by atoms with Crippen molar-refractivity contribution in [3.8, 4) is 0 Å². The average molecular weight is 253 g/mol. The van der Waals surface area contributed by atoms with Crippen LogP contribution in [-0.2, 0) is 9.53 Å². The van der Waals surface area contributed by atoms with E-state index in [-0.39, 0.29) is 17.9 Å². The molecule has 0 aliphatic carbocycles. The third-order valence-corrected chi connectivity index (χ3v) is 3.33. The Kier molecular flexibility index (Phi) is 5.51. The van der Waals surface area contributed by atoms with Crippen molar-refractivity contribution in [3.63, 3.8) is 0 Å². The molecule has 0 heterocycles. The lowest BCUT2D eigenvalue weighted by molar-refractivity contribution is -0.143. The van der Waals surface area contributed by atoms with Gasteiger partial charge in [-0.3, -0.25) is 4.79 Å². The Hall–Kier alpha value is -1.00. The van der Waals surface area contributed by atoms with E-state index < -0.39 is 0 Å². The highest BCUT2D eigenvalue weighted by molar-refractivity contribution is 7.97. The number of hydrogen-bond donors (Lipinski definition) is 1. The van der Waals surface area contributed by atoms with Crippen molar-refractivity contribution in [2.24, 2.45) is 5.92 Å². The molecule has 3 nitrogen and oxygen atoms in total. The quantitative estimate of drug-likeness (QED) is 0.647. The molecule has 0 aliphatic heterocycles. The lowest BCUT2D eigenvalue weighted by Crippen LogP contribution is -2.37. The molecule has 94 valence electrons. The first-order valence-electron chi connectivity index (χ1n) is 5.61. The molecule has 1 unspecified atom stereocenters. The number of methoxy groups -OCH3 is 1. The molecule has 1 atom stereocenters. The normalized spacial score (nSPS) is 12.5. The van der Waals surface area contributed by atoms with E-state index in [0.29, 0.717) is 0 Å². The van der Waals surface area contributed by atoms with Gasteiger partial charge in [0.1, 0.15) is 6.04 Å². The van der Waals surface area contributed by atoms with Crippen molar-refractivity contribution in [2.75, 3.05) is 7.11 Å². The second-order valence-corrected chi connectivity index (χ2v) is 5.19. The summed E-state index contributed by atoms with van der Waals surface area (Å²) in [5, 5.41) is 0. The number of rotatable bonds is 5.